The molecule has 13 heteroatoms. The van der Waals surface area contributed by atoms with Crippen molar-refractivity contribution in [3.05, 3.63) is 94.1 Å². The van der Waals surface area contributed by atoms with E-state index in [-0.39, 0.29) is 72.3 Å². The average molecular weight is 887 g/mol. The number of piperidine rings is 1. The maximum Gasteiger partial charge on any atom is 0.471 e. The molecule has 10 nitrogen and oxygen atoms in total. The summed E-state index contributed by atoms with van der Waals surface area (Å²) >= 11 is 0. The zero-order chi connectivity index (χ0) is 45.6. The van der Waals surface area contributed by atoms with Crippen LogP contribution in [0.15, 0.2) is 77.4 Å². The first-order chi connectivity index (χ1) is 30.5. The molecule has 1 unspecified atom stereocenters. The van der Waals surface area contributed by atoms with Crippen LogP contribution in [-0.2, 0) is 14.3 Å². The topological polar surface area (TPSA) is 137 Å². The standard InChI is InChI=1S/C51H65F3N4O6/c1-30-26-43-44(32(3)50(64-43)22-20-38-39-18-17-36-27-37(59)19-21-49(36,4)41(39)28-40(38)31(50)2)58(29-30)25-24-55-47(62)42(12-8-9-23-56-48(63)51(52,53)54)57-46(61)35-15-13-34(14-16-35)45(60)33-10-6-5-7-11-33/h5-7,10-11,13-17,30,32,37-39,41-44,59H,8-9,12,18-29H2,1-4H3,(H,55,62)(H,56,63)(H,57,61)/t30-,32+,37-,38-,39-,41-,42?,43+,44-,49-,50-/m0/s1. The smallest absolute Gasteiger partial charge is 0.393 e. The lowest BCUT2D eigenvalue weighted by molar-refractivity contribution is -0.173. The van der Waals surface area contributed by atoms with Crippen LogP contribution in [0.5, 0.6) is 0 Å². The zero-order valence-corrected chi connectivity index (χ0v) is 37.6. The molecular weight excluding hydrogens is 822 g/mol. The van der Waals surface area contributed by atoms with E-state index < -0.39 is 29.9 Å². The van der Waals surface area contributed by atoms with Gasteiger partial charge in [-0.15, -0.1) is 0 Å². The highest BCUT2D eigenvalue weighted by molar-refractivity contribution is 6.09. The number of nitrogens with zero attached hydrogens (tertiary/aromatic N) is 1. The van der Waals surface area contributed by atoms with Gasteiger partial charge in [0.15, 0.2) is 5.78 Å². The van der Waals surface area contributed by atoms with Crippen LogP contribution in [0.25, 0.3) is 0 Å². The number of likely N-dealkylation sites (tertiary alicyclic amines) is 1. The highest BCUT2D eigenvalue weighted by Gasteiger charge is 2.61. The Morgan fingerprint density at radius 2 is 1.64 bits per heavy atom. The van der Waals surface area contributed by atoms with Gasteiger partial charge in [0.25, 0.3) is 5.91 Å². The zero-order valence-electron chi connectivity index (χ0n) is 37.6. The Bertz CT molecular complexity index is 2140. The van der Waals surface area contributed by atoms with Gasteiger partial charge in [-0.05, 0) is 124 Å². The van der Waals surface area contributed by atoms with E-state index >= 15 is 0 Å². The lowest BCUT2D eigenvalue weighted by Gasteiger charge is -2.49. The number of rotatable bonds is 13. The molecule has 346 valence electrons. The number of aliphatic hydroxyl groups is 1. The number of carbonyl (C=O) groups is 4. The minimum atomic E-state index is -4.99. The fourth-order valence-corrected chi connectivity index (χ4v) is 13.0. The molecule has 2 aromatic rings. The summed E-state index contributed by atoms with van der Waals surface area (Å²) in [6.07, 6.45) is 5.96. The van der Waals surface area contributed by atoms with Crippen molar-refractivity contribution in [2.75, 3.05) is 26.2 Å². The maximum atomic E-state index is 13.9. The third-order valence-electron chi connectivity index (χ3n) is 16.3. The predicted octanol–water partition coefficient (Wildman–Crippen LogP) is 7.71. The summed E-state index contributed by atoms with van der Waals surface area (Å²) in [6, 6.07) is 14.1. The molecule has 2 aliphatic heterocycles. The van der Waals surface area contributed by atoms with E-state index in [4.69, 9.17) is 4.74 Å². The SMILES string of the molecule is CC1=C2C[C@H]3[C@@H](CC=C4C[C@@H](O)CC[C@@]43C)[C@@H]2CC[C@]12O[C@@H]1C[C@H](C)CN(CCNC(=O)C(CCCCNC(=O)C(F)(F)F)NC(=O)c3ccc(C(=O)c4ccccc4)cc3)[C@H]1[C@H]2C. The number of unbranched alkanes of at least 4 members (excludes halogenated alkanes) is 1. The molecule has 4 N–H and O–H groups in total. The van der Waals surface area contributed by atoms with Gasteiger partial charge in [-0.25, -0.2) is 0 Å². The van der Waals surface area contributed by atoms with E-state index in [1.165, 1.54) is 23.3 Å². The van der Waals surface area contributed by atoms with Gasteiger partial charge in [0.05, 0.1) is 17.8 Å². The summed E-state index contributed by atoms with van der Waals surface area (Å²) in [7, 11) is 0. The highest BCUT2D eigenvalue weighted by Crippen LogP contribution is 2.65. The molecule has 4 fully saturated rings. The van der Waals surface area contributed by atoms with Crippen LogP contribution in [0, 0.1) is 35.0 Å². The maximum absolute atomic E-state index is 13.9. The Labute approximate surface area is 375 Å². The number of hydrogen-bond donors (Lipinski definition) is 4. The van der Waals surface area contributed by atoms with Crippen molar-refractivity contribution in [1.29, 1.82) is 0 Å². The van der Waals surface area contributed by atoms with Crippen LogP contribution in [0.3, 0.4) is 0 Å². The number of alkyl halides is 3. The third kappa shape index (κ3) is 8.97. The van der Waals surface area contributed by atoms with Gasteiger partial charge < -0.3 is 25.8 Å². The molecule has 2 heterocycles. The molecule has 11 atom stereocenters. The summed E-state index contributed by atoms with van der Waals surface area (Å²) in [5, 5.41) is 18.3. The minimum Gasteiger partial charge on any atom is -0.393 e. The normalized spacial score (nSPS) is 32.7. The van der Waals surface area contributed by atoms with Gasteiger partial charge in [-0.1, -0.05) is 80.5 Å². The quantitative estimate of drug-likeness (QED) is 0.0920. The molecule has 2 saturated heterocycles. The lowest BCUT2D eigenvalue weighted by Crippen LogP contribution is -2.55. The first-order valence-electron chi connectivity index (χ1n) is 23.6. The number of aliphatic hydroxyl groups excluding tert-OH is 1. The summed E-state index contributed by atoms with van der Waals surface area (Å²) in [5.74, 6) is -0.682. The molecule has 0 aromatic heterocycles. The number of amides is 3. The number of fused-ring (bicyclic) bond motifs is 6. The van der Waals surface area contributed by atoms with E-state index in [2.05, 4.69) is 49.3 Å². The second-order valence-electron chi connectivity index (χ2n) is 20.0. The number of ether oxygens (including phenoxy) is 1. The van der Waals surface area contributed by atoms with Crippen LogP contribution in [0.2, 0.25) is 0 Å². The number of halogens is 3. The Hall–Kier alpha value is -4.33. The molecule has 0 radical (unpaired) electrons. The Morgan fingerprint density at radius 3 is 2.38 bits per heavy atom. The van der Waals surface area contributed by atoms with E-state index in [0.717, 1.165) is 57.9 Å². The number of nitrogens with one attached hydrogen (secondary N) is 3. The summed E-state index contributed by atoms with van der Waals surface area (Å²) in [4.78, 5) is 54.2. The molecule has 1 spiro atoms. The van der Waals surface area contributed by atoms with Crippen molar-refractivity contribution in [1.82, 2.24) is 20.9 Å². The second kappa shape index (κ2) is 18.5. The summed E-state index contributed by atoms with van der Waals surface area (Å²) in [6.45, 7) is 11.0. The fraction of sp³-hybridized carbons (Fsp3) is 0.608. The minimum absolute atomic E-state index is 0.0649. The molecule has 2 aromatic carbocycles. The van der Waals surface area contributed by atoms with Gasteiger partial charge in [0.1, 0.15) is 6.04 Å². The molecule has 2 saturated carbocycles. The first kappa shape index (κ1) is 46.2. The van der Waals surface area contributed by atoms with E-state index in [1.54, 1.807) is 42.0 Å². The second-order valence-corrected chi connectivity index (χ2v) is 20.0. The number of allylic oxidation sites excluding steroid dienone is 2. The molecule has 8 rings (SSSR count). The largest absolute Gasteiger partial charge is 0.471 e. The average Bonchev–Trinajstić information content (AvgIpc) is 3.80. The number of hydrogen-bond acceptors (Lipinski definition) is 7. The van der Waals surface area contributed by atoms with Crippen LogP contribution < -0.4 is 16.0 Å². The van der Waals surface area contributed by atoms with E-state index in [0.29, 0.717) is 47.9 Å². The van der Waals surface area contributed by atoms with Gasteiger partial charge in [-0.2, -0.15) is 13.2 Å². The molecule has 3 amide bonds. The summed E-state index contributed by atoms with van der Waals surface area (Å²) in [5.41, 5.74) is 5.52. The molecule has 4 aliphatic carbocycles. The van der Waals surface area contributed by atoms with Gasteiger partial charge in [0, 0.05) is 54.8 Å². The Morgan fingerprint density at radius 1 is 0.922 bits per heavy atom. The molecule has 6 aliphatic rings. The van der Waals surface area contributed by atoms with Crippen LogP contribution >= 0.6 is 0 Å². The van der Waals surface area contributed by atoms with Gasteiger partial charge in [0.2, 0.25) is 5.91 Å². The van der Waals surface area contributed by atoms with Crippen molar-refractivity contribution in [2.24, 2.45) is 35.0 Å². The number of ketones is 1. The van der Waals surface area contributed by atoms with Crippen LogP contribution in [0.4, 0.5) is 13.2 Å². The van der Waals surface area contributed by atoms with E-state index in [1.807, 2.05) is 11.4 Å². The first-order valence-corrected chi connectivity index (χ1v) is 23.6. The Balaban J connectivity index is 0.919. The lowest BCUT2D eigenvalue weighted by atomic mass is 9.56. The molecular formula is C51H65F3N4O6. The Kier molecular flexibility index (Phi) is 13.4. The van der Waals surface area contributed by atoms with Gasteiger partial charge >= 0.3 is 12.1 Å². The highest BCUT2D eigenvalue weighted by atomic mass is 19.4. The van der Waals surface area contributed by atoms with Crippen molar-refractivity contribution in [2.45, 2.75) is 134 Å². The fourth-order valence-electron chi connectivity index (χ4n) is 13.0. The third-order valence-corrected chi connectivity index (χ3v) is 16.3. The number of carbonyl (C=O) groups excluding carboxylic acids is 4. The van der Waals surface area contributed by atoms with E-state index in [9.17, 15) is 37.5 Å². The summed E-state index contributed by atoms with van der Waals surface area (Å²) < 4.78 is 45.6. The van der Waals surface area contributed by atoms with Crippen LogP contribution in [0.1, 0.15) is 125 Å². The van der Waals surface area contributed by atoms with Crippen LogP contribution in [-0.4, -0.2) is 95.8 Å². The molecule has 64 heavy (non-hydrogen) atoms. The number of benzene rings is 2. The molecule has 0 bridgehead atoms. The van der Waals surface area contributed by atoms with Crippen molar-refractivity contribution in [3.8, 4) is 0 Å². The van der Waals surface area contributed by atoms with Crippen molar-refractivity contribution < 1.29 is 42.2 Å². The predicted molar refractivity (Wildman–Crippen MR) is 237 cm³/mol. The van der Waals surface area contributed by atoms with Crippen molar-refractivity contribution >= 4 is 23.5 Å². The van der Waals surface area contributed by atoms with Crippen molar-refractivity contribution in [3.63, 3.8) is 0 Å². The van der Waals surface area contributed by atoms with Gasteiger partial charge in [-0.3, -0.25) is 24.1 Å². The monoisotopic (exact) mass is 886 g/mol.